The maximum absolute atomic E-state index is 12.8. The predicted molar refractivity (Wildman–Crippen MR) is 166 cm³/mol. The predicted octanol–water partition coefficient (Wildman–Crippen LogP) is 4.97. The highest BCUT2D eigenvalue weighted by Crippen LogP contribution is 2.38. The number of ether oxygens (including phenoxy) is 3. The lowest BCUT2D eigenvalue weighted by Gasteiger charge is -2.08. The Balaban J connectivity index is 1.45. The summed E-state index contributed by atoms with van der Waals surface area (Å²) >= 11 is 3.84. The van der Waals surface area contributed by atoms with Crippen molar-refractivity contribution in [1.29, 1.82) is 0 Å². The molecule has 2 amide bonds. The Morgan fingerprint density at radius 2 is 1.76 bits per heavy atom. The van der Waals surface area contributed by atoms with E-state index >= 15 is 0 Å². The number of hydrogen-bond donors (Lipinski definition) is 1. The van der Waals surface area contributed by atoms with E-state index in [1.54, 1.807) is 24.5 Å². The zero-order valence-corrected chi connectivity index (χ0v) is 26.4. The highest BCUT2D eigenvalue weighted by atomic mass is 32.2. The number of carbonyl (C=O) groups excluding carboxylic acids is 4. The molecule has 0 saturated carbocycles. The maximum Gasteiger partial charge on any atom is 0.341 e. The summed E-state index contributed by atoms with van der Waals surface area (Å²) in [7, 11) is 0. The largest absolute Gasteiger partial charge is 0.494 e. The molecule has 0 bridgehead atoms. The Kier molecular flexibility index (Phi) is 11.6. The molecule has 1 aliphatic carbocycles. The van der Waals surface area contributed by atoms with Gasteiger partial charge in [-0.05, 0) is 70.2 Å². The molecule has 0 aliphatic heterocycles. The third kappa shape index (κ3) is 8.01. The van der Waals surface area contributed by atoms with Gasteiger partial charge in [0.25, 0.3) is 5.91 Å². The van der Waals surface area contributed by atoms with Gasteiger partial charge in [0.15, 0.2) is 4.80 Å². The van der Waals surface area contributed by atoms with Crippen molar-refractivity contribution in [3.8, 4) is 5.75 Å². The summed E-state index contributed by atoms with van der Waals surface area (Å²) < 4.78 is 18.5. The summed E-state index contributed by atoms with van der Waals surface area (Å²) in [6.07, 6.45) is 4.84. The third-order valence-corrected chi connectivity index (χ3v) is 9.56. The lowest BCUT2D eigenvalue weighted by atomic mass is 10.1. The number of benzene rings is 1. The number of esters is 2. The van der Waals surface area contributed by atoms with Crippen LogP contribution in [0.15, 0.2) is 23.2 Å². The van der Waals surface area contributed by atoms with Gasteiger partial charge in [0.05, 0.1) is 47.1 Å². The molecule has 1 N–H and O–H groups in total. The fraction of sp³-hybridized carbons (Fsp3) is 0.483. The van der Waals surface area contributed by atoms with Crippen molar-refractivity contribution in [3.05, 3.63) is 39.0 Å². The second-order valence-corrected chi connectivity index (χ2v) is 12.5. The van der Waals surface area contributed by atoms with E-state index in [0.29, 0.717) is 27.7 Å². The average Bonchev–Trinajstić information content (AvgIpc) is 3.35. The van der Waals surface area contributed by atoms with E-state index in [0.717, 1.165) is 64.5 Å². The number of amides is 2. The highest BCUT2D eigenvalue weighted by Gasteiger charge is 2.26. The molecule has 0 spiro atoms. The van der Waals surface area contributed by atoms with Crippen LogP contribution in [0, 0.1) is 0 Å². The molecule has 42 heavy (non-hydrogen) atoms. The van der Waals surface area contributed by atoms with Crippen LogP contribution in [0.25, 0.3) is 10.2 Å². The van der Waals surface area contributed by atoms with Crippen LogP contribution in [-0.2, 0) is 43.2 Å². The number of hydrogen-bond acceptors (Lipinski definition) is 10. The number of carbonyl (C=O) groups is 4. The first kappa shape index (κ1) is 31.8. The van der Waals surface area contributed by atoms with Gasteiger partial charge in [0, 0.05) is 4.88 Å². The van der Waals surface area contributed by atoms with Crippen LogP contribution in [0.1, 0.15) is 60.8 Å². The standard InChI is InChI=1S/C29H35N3O7S3/c1-4-37-18-12-13-20-22(14-18)42-29(32(20)15-25(35)38-5-2)31-24(34)17-40-16-23(33)30-27-26(28(36)39-6-3)19-10-8-7-9-11-21(19)41-27/h12-14H,4-11,15-17H2,1-3H3,(H,30,33). The molecule has 0 radical (unpaired) electrons. The van der Waals surface area contributed by atoms with Crippen LogP contribution < -0.4 is 14.9 Å². The quantitative estimate of drug-likeness (QED) is 0.219. The molecule has 3 aromatic rings. The van der Waals surface area contributed by atoms with E-state index in [1.807, 2.05) is 19.1 Å². The zero-order chi connectivity index (χ0) is 30.1. The first-order valence-corrected chi connectivity index (χ1v) is 16.8. The van der Waals surface area contributed by atoms with Crippen molar-refractivity contribution >= 4 is 73.4 Å². The van der Waals surface area contributed by atoms with Crippen LogP contribution in [0.2, 0.25) is 0 Å². The number of aromatic nitrogens is 1. The summed E-state index contributed by atoms with van der Waals surface area (Å²) in [6, 6.07) is 5.48. The van der Waals surface area contributed by atoms with Crippen molar-refractivity contribution in [1.82, 2.24) is 4.57 Å². The summed E-state index contributed by atoms with van der Waals surface area (Å²) in [5.74, 6) is -0.923. The Morgan fingerprint density at radius 3 is 2.52 bits per heavy atom. The highest BCUT2D eigenvalue weighted by molar-refractivity contribution is 8.00. The zero-order valence-electron chi connectivity index (χ0n) is 24.0. The number of rotatable bonds is 12. The number of fused-ring (bicyclic) bond motifs is 2. The van der Waals surface area contributed by atoms with Crippen LogP contribution in [0.5, 0.6) is 5.75 Å². The number of thioether (sulfide) groups is 1. The van der Waals surface area contributed by atoms with Crippen LogP contribution >= 0.6 is 34.4 Å². The number of thiazole rings is 1. The maximum atomic E-state index is 12.8. The molecule has 0 saturated heterocycles. The van der Waals surface area contributed by atoms with Gasteiger partial charge in [-0.3, -0.25) is 14.4 Å². The van der Waals surface area contributed by atoms with Gasteiger partial charge in [0.1, 0.15) is 17.3 Å². The molecule has 0 atom stereocenters. The van der Waals surface area contributed by atoms with E-state index in [4.69, 9.17) is 14.2 Å². The second-order valence-electron chi connectivity index (χ2n) is 9.37. The summed E-state index contributed by atoms with van der Waals surface area (Å²) in [4.78, 5) is 56.4. The fourth-order valence-corrected chi connectivity index (χ4v) is 7.63. The van der Waals surface area contributed by atoms with Crippen molar-refractivity contribution < 1.29 is 33.4 Å². The second kappa shape index (κ2) is 15.4. The van der Waals surface area contributed by atoms with Crippen molar-refractivity contribution in [2.24, 2.45) is 4.99 Å². The van der Waals surface area contributed by atoms with Gasteiger partial charge < -0.3 is 24.1 Å². The topological polar surface area (TPSA) is 125 Å². The van der Waals surface area contributed by atoms with Crippen LogP contribution in [0.4, 0.5) is 5.00 Å². The lowest BCUT2D eigenvalue weighted by Crippen LogP contribution is -2.23. The van der Waals surface area contributed by atoms with E-state index in [1.165, 1.54) is 22.7 Å². The van der Waals surface area contributed by atoms with Crippen LogP contribution in [0.3, 0.4) is 0 Å². The van der Waals surface area contributed by atoms with E-state index in [2.05, 4.69) is 10.3 Å². The fourth-order valence-electron chi connectivity index (χ4n) is 4.67. The Morgan fingerprint density at radius 1 is 0.976 bits per heavy atom. The van der Waals surface area contributed by atoms with Gasteiger partial charge in [-0.1, -0.05) is 17.8 Å². The molecule has 1 aromatic carbocycles. The minimum Gasteiger partial charge on any atom is -0.494 e. The number of nitrogens with one attached hydrogen (secondary N) is 1. The van der Waals surface area contributed by atoms with Crippen molar-refractivity contribution in [3.63, 3.8) is 0 Å². The molecule has 226 valence electrons. The monoisotopic (exact) mass is 633 g/mol. The number of anilines is 1. The number of thiophene rings is 1. The Hall–Kier alpha value is -3.16. The summed E-state index contributed by atoms with van der Waals surface area (Å²) in [6.45, 7) is 6.31. The van der Waals surface area contributed by atoms with Gasteiger partial charge in [-0.15, -0.1) is 23.1 Å². The van der Waals surface area contributed by atoms with E-state index in [-0.39, 0.29) is 37.2 Å². The molecule has 0 fully saturated rings. The molecule has 13 heteroatoms. The SMILES string of the molecule is CCOC(=O)Cn1c(=NC(=O)CSCC(=O)Nc2sc3c(c2C(=O)OCC)CCCCC3)sc2cc(OCC)ccc21. The normalized spacial score (nSPS) is 13.4. The minimum absolute atomic E-state index is 0.0129. The summed E-state index contributed by atoms with van der Waals surface area (Å²) in [5.41, 5.74) is 2.19. The molecule has 2 aromatic heterocycles. The smallest absolute Gasteiger partial charge is 0.341 e. The Labute approximate surface area is 256 Å². The molecule has 0 unspecified atom stereocenters. The first-order chi connectivity index (χ1) is 20.3. The summed E-state index contributed by atoms with van der Waals surface area (Å²) in [5, 5.41) is 3.39. The minimum atomic E-state index is -0.433. The number of aryl methyl sites for hydroxylation is 1. The Bertz CT molecular complexity index is 1520. The van der Waals surface area contributed by atoms with Gasteiger partial charge >= 0.3 is 11.9 Å². The first-order valence-electron chi connectivity index (χ1n) is 14.0. The van der Waals surface area contributed by atoms with Gasteiger partial charge in [-0.2, -0.15) is 4.99 Å². The van der Waals surface area contributed by atoms with E-state index in [9.17, 15) is 19.2 Å². The van der Waals surface area contributed by atoms with Gasteiger partial charge in [0.2, 0.25) is 5.91 Å². The molecule has 10 nitrogen and oxygen atoms in total. The lowest BCUT2D eigenvalue weighted by molar-refractivity contribution is -0.143. The molecule has 4 rings (SSSR count). The van der Waals surface area contributed by atoms with Crippen molar-refractivity contribution in [2.45, 2.75) is 59.4 Å². The molecular formula is C29H35N3O7S3. The molecular weight excluding hydrogens is 599 g/mol. The van der Waals surface area contributed by atoms with E-state index < -0.39 is 17.8 Å². The van der Waals surface area contributed by atoms with Gasteiger partial charge in [-0.25, -0.2) is 4.79 Å². The average molecular weight is 634 g/mol. The van der Waals surface area contributed by atoms with Crippen molar-refractivity contribution in [2.75, 3.05) is 36.6 Å². The molecule has 2 heterocycles. The third-order valence-electron chi connectivity index (χ3n) is 6.39. The van der Waals surface area contributed by atoms with Crippen LogP contribution in [-0.4, -0.2) is 59.6 Å². The molecule has 1 aliphatic rings. The number of nitrogens with zero attached hydrogens (tertiary/aromatic N) is 2.